The summed E-state index contributed by atoms with van der Waals surface area (Å²) in [5.41, 5.74) is 0. The number of rotatable bonds is 4. The highest BCUT2D eigenvalue weighted by Gasteiger charge is 2.30. The standard InChI is InChI=1S/C15H13NO3S/c17-14-13(16-15(18)20-14)7-8-19-12-6-5-10-3-1-2-4-11(10)9-12/h1-6,9,13H,7-8H2,(H,16,18). The van der Waals surface area contributed by atoms with Crippen molar-refractivity contribution in [2.75, 3.05) is 6.61 Å². The minimum absolute atomic E-state index is 0.128. The predicted octanol–water partition coefficient (Wildman–Crippen LogP) is 2.96. The number of carbonyl (C=O) groups is 2. The Hall–Kier alpha value is -2.01. The number of ether oxygens (including phenoxy) is 1. The number of benzene rings is 2. The van der Waals surface area contributed by atoms with Crippen LogP contribution in [0.1, 0.15) is 6.42 Å². The van der Waals surface area contributed by atoms with Crippen molar-refractivity contribution in [3.63, 3.8) is 0 Å². The number of fused-ring (bicyclic) bond motifs is 1. The summed E-state index contributed by atoms with van der Waals surface area (Å²) in [5, 5.41) is 4.49. The van der Waals surface area contributed by atoms with E-state index in [0.717, 1.165) is 28.3 Å². The lowest BCUT2D eigenvalue weighted by Crippen LogP contribution is -2.30. The monoisotopic (exact) mass is 287 g/mol. The topological polar surface area (TPSA) is 55.4 Å². The largest absolute Gasteiger partial charge is 0.493 e. The van der Waals surface area contributed by atoms with Gasteiger partial charge in [-0.15, -0.1) is 0 Å². The van der Waals surface area contributed by atoms with Crippen molar-refractivity contribution in [3.8, 4) is 5.75 Å². The number of amides is 1. The maximum atomic E-state index is 11.4. The van der Waals surface area contributed by atoms with Gasteiger partial charge in [-0.2, -0.15) is 0 Å². The van der Waals surface area contributed by atoms with Crippen LogP contribution >= 0.6 is 11.8 Å². The first kappa shape index (κ1) is 13.0. The molecule has 1 N–H and O–H groups in total. The smallest absolute Gasteiger partial charge is 0.287 e. The molecule has 2 aromatic rings. The molecule has 3 rings (SSSR count). The van der Waals surface area contributed by atoms with Gasteiger partial charge in [0.2, 0.25) is 5.12 Å². The molecule has 4 nitrogen and oxygen atoms in total. The Morgan fingerprint density at radius 3 is 2.65 bits per heavy atom. The molecule has 1 aliphatic heterocycles. The number of hydrogen-bond donors (Lipinski definition) is 1. The van der Waals surface area contributed by atoms with E-state index in [-0.39, 0.29) is 10.4 Å². The van der Waals surface area contributed by atoms with Crippen molar-refractivity contribution in [3.05, 3.63) is 42.5 Å². The first-order valence-corrected chi connectivity index (χ1v) is 7.18. The minimum atomic E-state index is -0.423. The molecule has 0 spiro atoms. The van der Waals surface area contributed by atoms with E-state index in [4.69, 9.17) is 4.74 Å². The summed E-state index contributed by atoms with van der Waals surface area (Å²) in [6.07, 6.45) is 0.490. The van der Waals surface area contributed by atoms with E-state index in [1.165, 1.54) is 0 Å². The highest BCUT2D eigenvalue weighted by molar-refractivity contribution is 8.26. The van der Waals surface area contributed by atoms with Crippen LogP contribution in [0.15, 0.2) is 42.5 Å². The normalized spacial score (nSPS) is 18.3. The van der Waals surface area contributed by atoms with Gasteiger partial charge in [0.15, 0.2) is 0 Å². The molecule has 20 heavy (non-hydrogen) atoms. The second-order valence-electron chi connectivity index (χ2n) is 4.55. The van der Waals surface area contributed by atoms with Crippen molar-refractivity contribution in [1.29, 1.82) is 0 Å². The lowest BCUT2D eigenvalue weighted by atomic mass is 10.1. The van der Waals surface area contributed by atoms with E-state index >= 15 is 0 Å². The van der Waals surface area contributed by atoms with E-state index in [0.29, 0.717) is 13.0 Å². The van der Waals surface area contributed by atoms with Crippen molar-refractivity contribution >= 4 is 32.9 Å². The van der Waals surface area contributed by atoms with E-state index in [9.17, 15) is 9.59 Å². The number of hydrogen-bond acceptors (Lipinski definition) is 4. The van der Waals surface area contributed by atoms with Crippen molar-refractivity contribution in [1.82, 2.24) is 5.32 Å². The molecule has 2 aromatic carbocycles. The molecule has 1 heterocycles. The van der Waals surface area contributed by atoms with Crippen molar-refractivity contribution < 1.29 is 14.3 Å². The summed E-state index contributed by atoms with van der Waals surface area (Å²) < 4.78 is 5.65. The van der Waals surface area contributed by atoms with Gasteiger partial charge in [-0.05, 0) is 22.9 Å². The first-order valence-electron chi connectivity index (χ1n) is 6.36. The molecular formula is C15H13NO3S. The van der Waals surface area contributed by atoms with Crippen LogP contribution in [0.4, 0.5) is 4.79 Å². The summed E-state index contributed by atoms with van der Waals surface area (Å²) in [5.74, 6) is 0.771. The highest BCUT2D eigenvalue weighted by Crippen LogP contribution is 2.22. The third-order valence-corrected chi connectivity index (χ3v) is 3.96. The number of thioether (sulfide) groups is 1. The van der Waals surface area contributed by atoms with Crippen LogP contribution in [0.5, 0.6) is 5.75 Å². The molecule has 1 aliphatic rings. The van der Waals surface area contributed by atoms with Crippen LogP contribution in [-0.4, -0.2) is 23.0 Å². The number of nitrogens with one attached hydrogen (secondary N) is 1. The van der Waals surface area contributed by atoms with Crippen LogP contribution in [0.2, 0.25) is 0 Å². The van der Waals surface area contributed by atoms with Gasteiger partial charge < -0.3 is 10.1 Å². The molecule has 1 fully saturated rings. The van der Waals surface area contributed by atoms with Gasteiger partial charge in [-0.25, -0.2) is 0 Å². The third kappa shape index (κ3) is 2.77. The molecule has 1 saturated heterocycles. The Labute approximate surface area is 120 Å². The molecule has 102 valence electrons. The summed E-state index contributed by atoms with van der Waals surface area (Å²) in [6, 6.07) is 13.5. The molecule has 1 unspecified atom stereocenters. The second kappa shape index (κ2) is 5.54. The van der Waals surface area contributed by atoms with Crippen LogP contribution in [0.25, 0.3) is 10.8 Å². The molecular weight excluding hydrogens is 274 g/mol. The predicted molar refractivity (Wildman–Crippen MR) is 79.0 cm³/mol. The van der Waals surface area contributed by atoms with Gasteiger partial charge in [-0.1, -0.05) is 30.3 Å². The van der Waals surface area contributed by atoms with Crippen LogP contribution in [0, 0.1) is 0 Å². The zero-order valence-corrected chi connectivity index (χ0v) is 11.5. The zero-order valence-electron chi connectivity index (χ0n) is 10.7. The highest BCUT2D eigenvalue weighted by atomic mass is 32.2. The molecule has 0 aromatic heterocycles. The van der Waals surface area contributed by atoms with Crippen LogP contribution in [0.3, 0.4) is 0 Å². The maximum Gasteiger partial charge on any atom is 0.287 e. The number of carbonyl (C=O) groups excluding carboxylic acids is 2. The van der Waals surface area contributed by atoms with Crippen molar-refractivity contribution in [2.45, 2.75) is 12.5 Å². The fourth-order valence-corrected chi connectivity index (χ4v) is 2.84. The fraction of sp³-hybridized carbons (Fsp3) is 0.200. The quantitative estimate of drug-likeness (QED) is 0.939. The Morgan fingerprint density at radius 1 is 1.10 bits per heavy atom. The average molecular weight is 287 g/mol. The van der Waals surface area contributed by atoms with Gasteiger partial charge in [-0.3, -0.25) is 9.59 Å². The molecule has 0 bridgehead atoms. The molecule has 0 saturated carbocycles. The fourth-order valence-electron chi connectivity index (χ4n) is 2.13. The van der Waals surface area contributed by atoms with Crippen LogP contribution in [-0.2, 0) is 4.79 Å². The second-order valence-corrected chi connectivity index (χ2v) is 5.53. The van der Waals surface area contributed by atoms with Crippen LogP contribution < -0.4 is 10.1 Å². The van der Waals surface area contributed by atoms with Gasteiger partial charge in [0.05, 0.1) is 6.61 Å². The lowest BCUT2D eigenvalue weighted by molar-refractivity contribution is -0.112. The Kier molecular flexibility index (Phi) is 3.60. The lowest BCUT2D eigenvalue weighted by Gasteiger charge is -2.10. The molecule has 0 aliphatic carbocycles. The third-order valence-electron chi connectivity index (χ3n) is 3.17. The minimum Gasteiger partial charge on any atom is -0.493 e. The molecule has 5 heteroatoms. The van der Waals surface area contributed by atoms with E-state index in [1.54, 1.807) is 0 Å². The summed E-state index contributed by atoms with van der Waals surface area (Å²) in [6.45, 7) is 0.398. The van der Waals surface area contributed by atoms with E-state index in [1.807, 2.05) is 42.5 Å². The Bertz CT molecular complexity index is 671. The van der Waals surface area contributed by atoms with Gasteiger partial charge >= 0.3 is 0 Å². The maximum absolute atomic E-state index is 11.4. The SMILES string of the molecule is O=C1NC(CCOc2ccc3ccccc3c2)C(=O)S1. The van der Waals surface area contributed by atoms with E-state index < -0.39 is 6.04 Å². The summed E-state index contributed by atoms with van der Waals surface area (Å²) >= 11 is 0.732. The van der Waals surface area contributed by atoms with Gasteiger partial charge in [0, 0.05) is 18.2 Å². The summed E-state index contributed by atoms with van der Waals surface area (Å²) in [4.78, 5) is 22.5. The van der Waals surface area contributed by atoms with Crippen molar-refractivity contribution in [2.24, 2.45) is 0 Å². The first-order chi connectivity index (χ1) is 9.72. The molecule has 1 atom stereocenters. The van der Waals surface area contributed by atoms with Gasteiger partial charge in [0.1, 0.15) is 11.8 Å². The zero-order chi connectivity index (χ0) is 13.9. The Morgan fingerprint density at radius 2 is 1.90 bits per heavy atom. The van der Waals surface area contributed by atoms with E-state index in [2.05, 4.69) is 5.32 Å². The molecule has 1 amide bonds. The average Bonchev–Trinajstić information content (AvgIpc) is 2.77. The van der Waals surface area contributed by atoms with Gasteiger partial charge in [0.25, 0.3) is 5.24 Å². The molecule has 0 radical (unpaired) electrons. The Balaban J connectivity index is 1.60. The summed E-state index contributed by atoms with van der Waals surface area (Å²) in [7, 11) is 0.